The maximum Gasteiger partial charge on any atom is 0.119 e. The van der Waals surface area contributed by atoms with E-state index >= 15 is 0 Å². The molecule has 0 bridgehead atoms. The Hall–Kier alpha value is 0.0500. The van der Waals surface area contributed by atoms with E-state index in [1.165, 1.54) is 77.0 Å². The second-order valence-corrected chi connectivity index (χ2v) is 9.52. The zero-order valence-corrected chi connectivity index (χ0v) is 16.4. The van der Waals surface area contributed by atoms with E-state index in [1.807, 2.05) is 0 Å². The molecule has 0 N–H and O–H groups in total. The zero-order valence-electron chi connectivity index (χ0n) is 15.6. The molecule has 23 heavy (non-hydrogen) atoms. The van der Waals surface area contributed by atoms with E-state index in [9.17, 15) is 0 Å². The largest absolute Gasteiger partial charge is 0.364 e. The molecule has 1 aliphatic heterocycles. The maximum absolute atomic E-state index is 6.38. The molecule has 2 heteroatoms. The van der Waals surface area contributed by atoms with Crippen molar-refractivity contribution in [3.05, 3.63) is 12.7 Å². The number of rotatable bonds is 12. The van der Waals surface area contributed by atoms with Gasteiger partial charge in [-0.2, -0.15) is 0 Å². The van der Waals surface area contributed by atoms with Gasteiger partial charge in [-0.25, -0.2) is 0 Å². The quantitative estimate of drug-likeness (QED) is 0.277. The van der Waals surface area contributed by atoms with Gasteiger partial charge in [0.05, 0.1) is 0 Å². The maximum atomic E-state index is 6.38. The molecule has 2 aliphatic rings. The fourth-order valence-corrected chi connectivity index (χ4v) is 6.58. The van der Waals surface area contributed by atoms with Gasteiger partial charge in [0, 0.05) is 17.3 Å². The smallest absolute Gasteiger partial charge is 0.119 e. The van der Waals surface area contributed by atoms with Crippen LogP contribution in [0.2, 0.25) is 0 Å². The van der Waals surface area contributed by atoms with Crippen LogP contribution in [0.5, 0.6) is 0 Å². The van der Waals surface area contributed by atoms with E-state index in [2.05, 4.69) is 38.3 Å². The van der Waals surface area contributed by atoms with E-state index in [-0.39, 0.29) is 4.93 Å². The van der Waals surface area contributed by atoms with Crippen molar-refractivity contribution >= 4 is 11.8 Å². The normalized spacial score (nSPS) is 31.2. The molecule has 2 fully saturated rings. The molecule has 0 spiro atoms. The van der Waals surface area contributed by atoms with Gasteiger partial charge in [0.15, 0.2) is 0 Å². The monoisotopic (exact) mass is 338 g/mol. The molecule has 0 aromatic heterocycles. The Labute approximate surface area is 149 Å². The molecule has 1 heterocycles. The summed E-state index contributed by atoms with van der Waals surface area (Å²) in [7, 11) is 0. The summed E-state index contributed by atoms with van der Waals surface area (Å²) in [5.74, 6) is 0. The van der Waals surface area contributed by atoms with Crippen molar-refractivity contribution in [3.63, 3.8) is 0 Å². The third-order valence-electron chi connectivity index (χ3n) is 6.03. The number of unbranched alkanes of at least 4 members (excludes halogenated alkanes) is 6. The number of hydrogen-bond acceptors (Lipinski definition) is 2. The second-order valence-electron chi connectivity index (χ2n) is 7.82. The lowest BCUT2D eigenvalue weighted by Gasteiger charge is -2.40. The first kappa shape index (κ1) is 19.4. The van der Waals surface area contributed by atoms with E-state index in [0.717, 1.165) is 18.3 Å². The first-order chi connectivity index (χ1) is 11.2. The highest BCUT2D eigenvalue weighted by Gasteiger charge is 2.59. The Bertz CT molecular complexity index is 342. The molecule has 1 saturated heterocycles. The molecular weight excluding hydrogens is 300 g/mol. The van der Waals surface area contributed by atoms with Gasteiger partial charge in [0.25, 0.3) is 0 Å². The lowest BCUT2D eigenvalue weighted by molar-refractivity contribution is 0.0382. The van der Waals surface area contributed by atoms with Crippen LogP contribution in [0.25, 0.3) is 0 Å². The lowest BCUT2D eigenvalue weighted by atomic mass is 9.79. The molecule has 0 aromatic rings. The van der Waals surface area contributed by atoms with Gasteiger partial charge in [-0.15, -0.1) is 18.3 Å². The van der Waals surface area contributed by atoms with E-state index in [1.54, 1.807) is 0 Å². The van der Waals surface area contributed by atoms with Crippen LogP contribution in [0.4, 0.5) is 0 Å². The molecule has 3 atom stereocenters. The summed E-state index contributed by atoms with van der Waals surface area (Å²) in [6, 6.07) is 0. The molecule has 2 rings (SSSR count). The first-order valence-corrected chi connectivity index (χ1v) is 11.0. The Morgan fingerprint density at radius 1 is 1.09 bits per heavy atom. The van der Waals surface area contributed by atoms with Crippen molar-refractivity contribution in [3.8, 4) is 0 Å². The summed E-state index contributed by atoms with van der Waals surface area (Å²) in [6.07, 6.45) is 19.7. The summed E-state index contributed by atoms with van der Waals surface area (Å²) in [6.45, 7) is 9.70. The minimum atomic E-state index is 0.113. The van der Waals surface area contributed by atoms with E-state index in [0.29, 0.717) is 5.41 Å². The summed E-state index contributed by atoms with van der Waals surface area (Å²) < 4.78 is 6.38. The Balaban J connectivity index is 1.71. The summed E-state index contributed by atoms with van der Waals surface area (Å²) in [4.78, 5) is 0.113. The first-order valence-electron chi connectivity index (χ1n) is 10.1. The average Bonchev–Trinajstić information content (AvgIpc) is 3.01. The molecule has 1 nitrogen and oxygen atoms in total. The molecule has 1 aliphatic carbocycles. The fourth-order valence-electron chi connectivity index (χ4n) is 4.69. The van der Waals surface area contributed by atoms with Crippen LogP contribution in [0.1, 0.15) is 97.3 Å². The predicted molar refractivity (Wildman–Crippen MR) is 104 cm³/mol. The SMILES string of the molecule is C=CCC12CCCC1(SC(C)CCCCCCCCC)OCC2. The average molecular weight is 339 g/mol. The van der Waals surface area contributed by atoms with Gasteiger partial charge in [-0.3, -0.25) is 0 Å². The van der Waals surface area contributed by atoms with Crippen LogP contribution in [0.15, 0.2) is 12.7 Å². The molecule has 0 aromatic carbocycles. The van der Waals surface area contributed by atoms with Crippen molar-refractivity contribution in [1.82, 2.24) is 0 Å². The van der Waals surface area contributed by atoms with Crippen molar-refractivity contribution in [2.24, 2.45) is 5.41 Å². The van der Waals surface area contributed by atoms with Crippen molar-refractivity contribution < 1.29 is 4.74 Å². The Morgan fingerprint density at radius 2 is 1.83 bits per heavy atom. The van der Waals surface area contributed by atoms with Gasteiger partial charge in [0.1, 0.15) is 4.93 Å². The lowest BCUT2D eigenvalue weighted by Crippen LogP contribution is -2.38. The van der Waals surface area contributed by atoms with Crippen molar-refractivity contribution in [2.45, 2.75) is 108 Å². The number of fused-ring (bicyclic) bond motifs is 1. The summed E-state index contributed by atoms with van der Waals surface area (Å²) in [5, 5.41) is 0.728. The molecule has 1 saturated carbocycles. The molecular formula is C21H38OS. The van der Waals surface area contributed by atoms with E-state index < -0.39 is 0 Å². The van der Waals surface area contributed by atoms with Gasteiger partial charge in [0.2, 0.25) is 0 Å². The third-order valence-corrected chi connectivity index (χ3v) is 7.80. The van der Waals surface area contributed by atoms with Crippen molar-refractivity contribution in [2.75, 3.05) is 6.61 Å². The third kappa shape index (κ3) is 4.78. The number of ether oxygens (including phenoxy) is 1. The number of thioether (sulfide) groups is 1. The minimum absolute atomic E-state index is 0.113. The number of hydrogen-bond donors (Lipinski definition) is 0. The number of allylic oxidation sites excluding steroid dienone is 1. The minimum Gasteiger partial charge on any atom is -0.364 e. The molecule has 134 valence electrons. The Morgan fingerprint density at radius 3 is 2.57 bits per heavy atom. The second kappa shape index (κ2) is 9.51. The highest BCUT2D eigenvalue weighted by atomic mass is 32.2. The predicted octanol–water partition coefficient (Wildman–Crippen LogP) is 7.11. The summed E-state index contributed by atoms with van der Waals surface area (Å²) >= 11 is 2.17. The van der Waals surface area contributed by atoms with Gasteiger partial charge in [-0.1, -0.05) is 64.9 Å². The van der Waals surface area contributed by atoms with Crippen LogP contribution in [0, 0.1) is 5.41 Å². The molecule has 0 radical (unpaired) electrons. The highest BCUT2D eigenvalue weighted by Crippen LogP contribution is 2.63. The van der Waals surface area contributed by atoms with E-state index in [4.69, 9.17) is 4.74 Å². The highest BCUT2D eigenvalue weighted by molar-refractivity contribution is 8.01. The van der Waals surface area contributed by atoms with Crippen LogP contribution in [-0.4, -0.2) is 16.8 Å². The standard InChI is InChI=1S/C21H38OS/c1-4-6-7-8-9-10-11-13-19(3)23-21-16-12-15-20(21,14-5-2)17-18-22-21/h5,19H,2,4,6-18H2,1,3H3. The van der Waals surface area contributed by atoms with Gasteiger partial charge < -0.3 is 4.74 Å². The Kier molecular flexibility index (Phi) is 8.01. The molecule has 3 unspecified atom stereocenters. The van der Waals surface area contributed by atoms with Crippen LogP contribution < -0.4 is 0 Å². The topological polar surface area (TPSA) is 9.23 Å². The zero-order chi connectivity index (χ0) is 16.6. The van der Waals surface area contributed by atoms with Crippen LogP contribution in [0.3, 0.4) is 0 Å². The fraction of sp³-hybridized carbons (Fsp3) is 0.905. The van der Waals surface area contributed by atoms with Crippen LogP contribution >= 0.6 is 11.8 Å². The van der Waals surface area contributed by atoms with Crippen LogP contribution in [-0.2, 0) is 4.74 Å². The van der Waals surface area contributed by atoms with Gasteiger partial charge >= 0.3 is 0 Å². The van der Waals surface area contributed by atoms with Crippen molar-refractivity contribution in [1.29, 1.82) is 0 Å². The molecule has 0 amide bonds. The van der Waals surface area contributed by atoms with Gasteiger partial charge in [-0.05, 0) is 38.5 Å². The summed E-state index contributed by atoms with van der Waals surface area (Å²) in [5.41, 5.74) is 0.397.